The number of para-hydroxylation sites is 1. The number of morpholine rings is 1. The van der Waals surface area contributed by atoms with Crippen molar-refractivity contribution in [1.82, 2.24) is 25.1 Å². The summed E-state index contributed by atoms with van der Waals surface area (Å²) in [6.07, 6.45) is 8.00. The number of fused-ring (bicyclic) bond motifs is 1. The molecule has 33 heavy (non-hydrogen) atoms. The maximum atomic E-state index is 12.8. The van der Waals surface area contributed by atoms with E-state index in [1.54, 1.807) is 12.4 Å². The smallest absolute Gasteiger partial charge is 0.222 e. The van der Waals surface area contributed by atoms with Gasteiger partial charge >= 0.3 is 0 Å². The predicted octanol–water partition coefficient (Wildman–Crippen LogP) is 3.78. The maximum Gasteiger partial charge on any atom is 0.222 e. The molecule has 1 saturated heterocycles. The van der Waals surface area contributed by atoms with E-state index in [1.165, 1.54) is 0 Å². The molecule has 3 aromatic heterocycles. The molecule has 1 aromatic carbocycles. The molecule has 0 spiro atoms. The first-order valence-corrected chi connectivity index (χ1v) is 11.1. The first-order chi connectivity index (χ1) is 16.3. The van der Waals surface area contributed by atoms with E-state index in [1.807, 2.05) is 59.8 Å². The number of ether oxygens (including phenoxy) is 2. The minimum absolute atomic E-state index is 0.109. The zero-order chi connectivity index (χ0) is 22.5. The van der Waals surface area contributed by atoms with Gasteiger partial charge in [-0.1, -0.05) is 24.3 Å². The highest BCUT2D eigenvalue weighted by molar-refractivity contribution is 5.84. The van der Waals surface area contributed by atoms with Gasteiger partial charge in [-0.3, -0.25) is 19.9 Å². The molecule has 0 saturated carbocycles. The zero-order valence-corrected chi connectivity index (χ0v) is 18.2. The number of nitrogens with zero attached hydrogens (tertiary/aromatic N) is 4. The molecular formula is C25H25N5O3. The van der Waals surface area contributed by atoms with Crippen LogP contribution in [0.3, 0.4) is 0 Å². The lowest BCUT2D eigenvalue weighted by Crippen LogP contribution is -2.42. The minimum atomic E-state index is -0.223. The topological polar surface area (TPSA) is 93.2 Å². The van der Waals surface area contributed by atoms with E-state index in [4.69, 9.17) is 9.47 Å². The van der Waals surface area contributed by atoms with Crippen LogP contribution >= 0.6 is 0 Å². The summed E-state index contributed by atoms with van der Waals surface area (Å²) in [7, 11) is 0. The molecule has 1 atom stereocenters. The summed E-state index contributed by atoms with van der Waals surface area (Å²) < 4.78 is 11.8. The number of H-pyrrole nitrogens is 1. The number of carbonyl (C=O) groups is 1. The summed E-state index contributed by atoms with van der Waals surface area (Å²) in [6.45, 7) is 2.06. The fourth-order valence-electron chi connectivity index (χ4n) is 3.99. The molecule has 1 aliphatic heterocycles. The van der Waals surface area contributed by atoms with Gasteiger partial charge < -0.3 is 14.4 Å². The Balaban J connectivity index is 1.13. The van der Waals surface area contributed by atoms with Gasteiger partial charge in [0.25, 0.3) is 0 Å². The van der Waals surface area contributed by atoms with Crippen LogP contribution in [0.1, 0.15) is 24.6 Å². The van der Waals surface area contributed by atoms with E-state index in [2.05, 4.69) is 20.2 Å². The van der Waals surface area contributed by atoms with Gasteiger partial charge in [-0.25, -0.2) is 0 Å². The van der Waals surface area contributed by atoms with Crippen molar-refractivity contribution in [2.75, 3.05) is 26.3 Å². The van der Waals surface area contributed by atoms with Crippen LogP contribution in [-0.2, 0) is 9.53 Å². The lowest BCUT2D eigenvalue weighted by Gasteiger charge is -2.32. The number of aromatic nitrogens is 4. The minimum Gasteiger partial charge on any atom is -0.491 e. The highest BCUT2D eigenvalue weighted by Crippen LogP contribution is 2.25. The average Bonchev–Trinajstić information content (AvgIpc) is 3.42. The Morgan fingerprint density at radius 1 is 1.12 bits per heavy atom. The summed E-state index contributed by atoms with van der Waals surface area (Å²) in [5, 5.41) is 7.81. The molecule has 4 heterocycles. The molecule has 8 nitrogen and oxygen atoms in total. The Morgan fingerprint density at radius 2 is 2.06 bits per heavy atom. The summed E-state index contributed by atoms with van der Waals surface area (Å²) in [5.41, 5.74) is 3.63. The number of carbonyl (C=O) groups excluding carboxylic acids is 1. The van der Waals surface area contributed by atoms with Crippen LogP contribution in [-0.4, -0.2) is 57.3 Å². The second-order valence-electron chi connectivity index (χ2n) is 7.94. The van der Waals surface area contributed by atoms with E-state index in [-0.39, 0.29) is 12.0 Å². The van der Waals surface area contributed by atoms with Gasteiger partial charge in [-0.15, -0.1) is 0 Å². The third-order valence-corrected chi connectivity index (χ3v) is 5.76. The number of benzene rings is 1. The van der Waals surface area contributed by atoms with E-state index in [0.717, 1.165) is 33.5 Å². The highest BCUT2D eigenvalue weighted by Gasteiger charge is 2.26. The molecule has 8 heteroatoms. The molecule has 0 unspecified atom stereocenters. The van der Waals surface area contributed by atoms with Crippen LogP contribution in [0, 0.1) is 0 Å². The maximum absolute atomic E-state index is 12.8. The lowest BCUT2D eigenvalue weighted by atomic mass is 10.1. The SMILES string of the molecule is O=C(CCCOc1cccc2cccnc12)N1CCO[C@H](c2ccc(-c3cn[nH]c3)cn2)C1. The van der Waals surface area contributed by atoms with E-state index in [9.17, 15) is 4.79 Å². The molecular weight excluding hydrogens is 418 g/mol. The van der Waals surface area contributed by atoms with Gasteiger partial charge in [0.15, 0.2) is 0 Å². The molecule has 0 aliphatic carbocycles. The standard InChI is InChI=1S/C25H25N5O3/c31-24(7-3-12-32-22-6-1-4-18-5-2-10-26-25(18)22)30-11-13-33-23(17-30)21-9-8-19(14-27-21)20-15-28-29-16-20/h1-2,4-6,8-10,14-16,23H,3,7,11-13,17H2,(H,28,29)/t23-/m0/s1. The monoisotopic (exact) mass is 443 g/mol. The van der Waals surface area contributed by atoms with E-state index < -0.39 is 0 Å². The molecule has 1 aliphatic rings. The van der Waals surface area contributed by atoms with Gasteiger partial charge in [0.1, 0.15) is 17.4 Å². The summed E-state index contributed by atoms with van der Waals surface area (Å²) in [6, 6.07) is 13.7. The highest BCUT2D eigenvalue weighted by atomic mass is 16.5. The van der Waals surface area contributed by atoms with Crippen LogP contribution in [0.25, 0.3) is 22.0 Å². The van der Waals surface area contributed by atoms with Crippen molar-refractivity contribution >= 4 is 16.8 Å². The summed E-state index contributed by atoms with van der Waals surface area (Å²) in [4.78, 5) is 23.6. The second-order valence-corrected chi connectivity index (χ2v) is 7.94. The van der Waals surface area contributed by atoms with Gasteiger partial charge in [-0.05, 0) is 24.6 Å². The Morgan fingerprint density at radius 3 is 2.91 bits per heavy atom. The van der Waals surface area contributed by atoms with Crippen molar-refractivity contribution in [1.29, 1.82) is 0 Å². The van der Waals surface area contributed by atoms with Crippen molar-refractivity contribution in [3.8, 4) is 16.9 Å². The Labute approximate surface area is 191 Å². The molecule has 1 N–H and O–H groups in total. The lowest BCUT2D eigenvalue weighted by molar-refractivity contribution is -0.139. The van der Waals surface area contributed by atoms with Gasteiger partial charge in [-0.2, -0.15) is 5.10 Å². The third-order valence-electron chi connectivity index (χ3n) is 5.76. The number of nitrogens with one attached hydrogen (secondary N) is 1. The first kappa shape index (κ1) is 21.1. The van der Waals surface area contributed by atoms with Gasteiger partial charge in [0.05, 0.1) is 31.6 Å². The second kappa shape index (κ2) is 9.79. The molecule has 1 fully saturated rings. The van der Waals surface area contributed by atoms with E-state index >= 15 is 0 Å². The average molecular weight is 444 g/mol. The van der Waals surface area contributed by atoms with Crippen molar-refractivity contribution in [2.24, 2.45) is 0 Å². The molecule has 168 valence electrons. The zero-order valence-electron chi connectivity index (χ0n) is 18.2. The number of amides is 1. The van der Waals surface area contributed by atoms with Gasteiger partial charge in [0.2, 0.25) is 5.91 Å². The molecule has 4 aromatic rings. The molecule has 5 rings (SSSR count). The molecule has 1 amide bonds. The first-order valence-electron chi connectivity index (χ1n) is 11.1. The quantitative estimate of drug-likeness (QED) is 0.437. The van der Waals surface area contributed by atoms with Gasteiger partial charge in [0, 0.05) is 48.1 Å². The Kier molecular flexibility index (Phi) is 6.25. The van der Waals surface area contributed by atoms with Crippen molar-refractivity contribution in [3.63, 3.8) is 0 Å². The van der Waals surface area contributed by atoms with Crippen LogP contribution in [0.4, 0.5) is 0 Å². The van der Waals surface area contributed by atoms with Crippen LogP contribution in [0.2, 0.25) is 0 Å². The number of hydrogen-bond acceptors (Lipinski definition) is 6. The summed E-state index contributed by atoms with van der Waals surface area (Å²) in [5.74, 6) is 0.856. The fourth-order valence-corrected chi connectivity index (χ4v) is 3.99. The Bertz CT molecular complexity index is 1210. The Hall–Kier alpha value is -3.78. The van der Waals surface area contributed by atoms with Crippen molar-refractivity contribution in [3.05, 3.63) is 72.9 Å². The van der Waals surface area contributed by atoms with Crippen LogP contribution < -0.4 is 4.74 Å². The summed E-state index contributed by atoms with van der Waals surface area (Å²) >= 11 is 0. The largest absolute Gasteiger partial charge is 0.491 e. The number of pyridine rings is 2. The number of aromatic amines is 1. The number of hydrogen-bond donors (Lipinski definition) is 1. The number of rotatable bonds is 7. The van der Waals surface area contributed by atoms with Crippen LogP contribution in [0.15, 0.2) is 67.3 Å². The normalized spacial score (nSPS) is 16.1. The van der Waals surface area contributed by atoms with E-state index in [0.29, 0.717) is 39.1 Å². The van der Waals surface area contributed by atoms with Crippen molar-refractivity contribution < 1.29 is 14.3 Å². The molecule has 0 bridgehead atoms. The van der Waals surface area contributed by atoms with Crippen molar-refractivity contribution in [2.45, 2.75) is 18.9 Å². The predicted molar refractivity (Wildman–Crippen MR) is 124 cm³/mol. The van der Waals surface area contributed by atoms with Crippen LogP contribution in [0.5, 0.6) is 5.75 Å². The molecule has 0 radical (unpaired) electrons. The third kappa shape index (κ3) is 4.85. The fraction of sp³-hybridized carbons (Fsp3) is 0.280.